The van der Waals surface area contributed by atoms with E-state index in [1.165, 1.54) is 0 Å². The average Bonchev–Trinajstić information content (AvgIpc) is 2.66. The lowest BCUT2D eigenvalue weighted by molar-refractivity contribution is 0.248. The molecule has 1 saturated heterocycles. The van der Waals surface area contributed by atoms with Crippen LogP contribution in [0.15, 0.2) is 35.1 Å². The quantitative estimate of drug-likeness (QED) is 0.749. The Morgan fingerprint density at radius 1 is 1.21 bits per heavy atom. The predicted molar refractivity (Wildman–Crippen MR) is 113 cm³/mol. The Kier molecular flexibility index (Phi) is 4.94. The highest BCUT2D eigenvalue weighted by Gasteiger charge is 2.21. The Labute approximate surface area is 165 Å². The van der Waals surface area contributed by atoms with Crippen molar-refractivity contribution in [1.29, 1.82) is 0 Å². The molecule has 2 aromatic heterocycles. The SMILES string of the molecule is COc1cc(C)cc(C)c1-c1ccc2c(=O)cc(C3CCCN(C)C3)[nH]c2n1. The molecule has 0 radical (unpaired) electrons. The molecule has 1 aliphatic heterocycles. The van der Waals surface area contributed by atoms with Gasteiger partial charge in [0.05, 0.1) is 18.2 Å². The van der Waals surface area contributed by atoms with Crippen molar-refractivity contribution in [3.63, 3.8) is 0 Å². The van der Waals surface area contributed by atoms with Gasteiger partial charge in [-0.25, -0.2) is 4.98 Å². The van der Waals surface area contributed by atoms with E-state index >= 15 is 0 Å². The second-order valence-corrected chi connectivity index (χ2v) is 7.94. The predicted octanol–water partition coefficient (Wildman–Crippen LogP) is 4.02. The molecule has 5 heteroatoms. The molecule has 0 amide bonds. The van der Waals surface area contributed by atoms with Gasteiger partial charge in [0, 0.05) is 29.8 Å². The van der Waals surface area contributed by atoms with E-state index in [0.29, 0.717) is 17.0 Å². The van der Waals surface area contributed by atoms with Crippen LogP contribution in [0.2, 0.25) is 0 Å². The first-order valence-electron chi connectivity index (χ1n) is 9.84. The number of aromatic nitrogens is 2. The molecule has 0 aliphatic carbocycles. The number of hydrogen-bond donors (Lipinski definition) is 1. The molecule has 146 valence electrons. The minimum Gasteiger partial charge on any atom is -0.496 e. The fourth-order valence-corrected chi connectivity index (χ4v) is 4.34. The number of fused-ring (bicyclic) bond motifs is 1. The van der Waals surface area contributed by atoms with Crippen LogP contribution in [0.5, 0.6) is 5.75 Å². The number of benzene rings is 1. The summed E-state index contributed by atoms with van der Waals surface area (Å²) in [4.78, 5) is 23.3. The van der Waals surface area contributed by atoms with Crippen molar-refractivity contribution in [3.05, 3.63) is 57.4 Å². The molecule has 1 atom stereocenters. The van der Waals surface area contributed by atoms with Gasteiger partial charge in [-0.15, -0.1) is 0 Å². The molecule has 0 saturated carbocycles. The third kappa shape index (κ3) is 3.42. The average molecular weight is 377 g/mol. The van der Waals surface area contributed by atoms with Crippen LogP contribution in [0.25, 0.3) is 22.3 Å². The van der Waals surface area contributed by atoms with Crippen molar-refractivity contribution in [1.82, 2.24) is 14.9 Å². The summed E-state index contributed by atoms with van der Waals surface area (Å²) in [7, 11) is 3.81. The number of nitrogens with one attached hydrogen (secondary N) is 1. The first kappa shape index (κ1) is 18.7. The van der Waals surface area contributed by atoms with E-state index < -0.39 is 0 Å². The normalized spacial score (nSPS) is 17.8. The van der Waals surface area contributed by atoms with Gasteiger partial charge in [0.15, 0.2) is 5.43 Å². The first-order valence-corrected chi connectivity index (χ1v) is 9.84. The summed E-state index contributed by atoms with van der Waals surface area (Å²) in [6.45, 7) is 6.20. The first-order chi connectivity index (χ1) is 13.5. The molecule has 5 nitrogen and oxygen atoms in total. The summed E-state index contributed by atoms with van der Waals surface area (Å²) in [5.41, 5.74) is 5.71. The van der Waals surface area contributed by atoms with Crippen LogP contribution in [0.1, 0.15) is 35.6 Å². The van der Waals surface area contributed by atoms with E-state index in [4.69, 9.17) is 9.72 Å². The topological polar surface area (TPSA) is 58.2 Å². The van der Waals surface area contributed by atoms with Gasteiger partial charge in [0.25, 0.3) is 0 Å². The highest BCUT2D eigenvalue weighted by atomic mass is 16.5. The number of likely N-dealkylation sites (N-methyl/N-ethyl adjacent to an activating group) is 1. The van der Waals surface area contributed by atoms with E-state index in [9.17, 15) is 4.79 Å². The van der Waals surface area contributed by atoms with Crippen molar-refractivity contribution < 1.29 is 4.74 Å². The van der Waals surface area contributed by atoms with Crippen molar-refractivity contribution in [2.75, 3.05) is 27.2 Å². The molecule has 0 spiro atoms. The van der Waals surface area contributed by atoms with Crippen molar-refractivity contribution >= 4 is 11.0 Å². The van der Waals surface area contributed by atoms with Crippen LogP contribution in [0.3, 0.4) is 0 Å². The molecule has 1 aromatic carbocycles. The van der Waals surface area contributed by atoms with Gasteiger partial charge < -0.3 is 14.6 Å². The molecule has 3 heterocycles. The summed E-state index contributed by atoms with van der Waals surface area (Å²) < 4.78 is 5.61. The Bertz CT molecular complexity index is 1090. The van der Waals surface area contributed by atoms with Gasteiger partial charge in [-0.2, -0.15) is 0 Å². The molecule has 3 aromatic rings. The lowest BCUT2D eigenvalue weighted by Gasteiger charge is -2.29. The van der Waals surface area contributed by atoms with E-state index in [1.54, 1.807) is 13.2 Å². The Balaban J connectivity index is 1.84. The molecule has 28 heavy (non-hydrogen) atoms. The summed E-state index contributed by atoms with van der Waals surface area (Å²) in [5.74, 6) is 1.15. The van der Waals surface area contributed by atoms with Crippen LogP contribution in [0, 0.1) is 13.8 Å². The molecule has 0 bridgehead atoms. The highest BCUT2D eigenvalue weighted by Crippen LogP contribution is 2.34. The highest BCUT2D eigenvalue weighted by molar-refractivity contribution is 5.81. The minimum atomic E-state index is 0.0311. The number of aromatic amines is 1. The maximum Gasteiger partial charge on any atom is 0.191 e. The van der Waals surface area contributed by atoms with Crippen LogP contribution in [0.4, 0.5) is 0 Å². The Hall–Kier alpha value is -2.66. The molecule has 4 rings (SSSR count). The standard InChI is InChI=1S/C23H27N3O2/c1-14-10-15(2)22(21(11-14)28-4)18-8-7-17-20(27)12-19(25-23(17)24-18)16-6-5-9-26(3)13-16/h7-8,10-12,16H,5-6,9,13H2,1-4H3,(H,24,25,27). The number of methoxy groups -OCH3 is 1. The molecule has 1 unspecified atom stereocenters. The third-order valence-corrected chi connectivity index (χ3v) is 5.69. The van der Waals surface area contributed by atoms with Gasteiger partial charge >= 0.3 is 0 Å². The zero-order valence-corrected chi connectivity index (χ0v) is 17.0. The van der Waals surface area contributed by atoms with Gasteiger partial charge in [-0.3, -0.25) is 4.79 Å². The lowest BCUT2D eigenvalue weighted by Crippen LogP contribution is -2.31. The summed E-state index contributed by atoms with van der Waals surface area (Å²) in [6, 6.07) is 9.68. The van der Waals surface area contributed by atoms with E-state index in [-0.39, 0.29) is 5.43 Å². The number of rotatable bonds is 3. The minimum absolute atomic E-state index is 0.0311. The zero-order valence-electron chi connectivity index (χ0n) is 17.0. The summed E-state index contributed by atoms with van der Waals surface area (Å²) >= 11 is 0. The molecular weight excluding hydrogens is 350 g/mol. The van der Waals surface area contributed by atoms with E-state index in [0.717, 1.165) is 59.8 Å². The summed E-state index contributed by atoms with van der Waals surface area (Å²) in [5, 5.41) is 0.625. The second-order valence-electron chi connectivity index (χ2n) is 7.94. The molecule has 1 aliphatic rings. The number of likely N-dealkylation sites (tertiary alicyclic amines) is 1. The maximum absolute atomic E-state index is 12.7. The maximum atomic E-state index is 12.7. The number of pyridine rings is 2. The number of hydrogen-bond acceptors (Lipinski definition) is 4. The number of H-pyrrole nitrogens is 1. The van der Waals surface area contributed by atoms with Crippen LogP contribution < -0.4 is 10.2 Å². The fraction of sp³-hybridized carbons (Fsp3) is 0.391. The Morgan fingerprint density at radius 2 is 2.04 bits per heavy atom. The fourth-order valence-electron chi connectivity index (χ4n) is 4.34. The lowest BCUT2D eigenvalue weighted by atomic mass is 9.94. The van der Waals surface area contributed by atoms with E-state index in [1.807, 2.05) is 18.2 Å². The summed E-state index contributed by atoms with van der Waals surface area (Å²) in [6.07, 6.45) is 2.24. The smallest absolute Gasteiger partial charge is 0.191 e. The van der Waals surface area contributed by atoms with Crippen LogP contribution in [-0.4, -0.2) is 42.1 Å². The molecular formula is C23H27N3O2. The number of ether oxygens (including phenoxy) is 1. The van der Waals surface area contributed by atoms with Gasteiger partial charge in [-0.1, -0.05) is 6.07 Å². The van der Waals surface area contributed by atoms with Crippen molar-refractivity contribution in [2.45, 2.75) is 32.6 Å². The van der Waals surface area contributed by atoms with Gasteiger partial charge in [0.1, 0.15) is 11.4 Å². The van der Waals surface area contributed by atoms with Crippen LogP contribution in [-0.2, 0) is 0 Å². The number of piperidine rings is 1. The second kappa shape index (κ2) is 7.40. The zero-order chi connectivity index (χ0) is 19.8. The monoisotopic (exact) mass is 377 g/mol. The largest absolute Gasteiger partial charge is 0.496 e. The van der Waals surface area contributed by atoms with E-state index in [2.05, 4.69) is 36.8 Å². The van der Waals surface area contributed by atoms with Gasteiger partial charge in [-0.05, 0) is 69.6 Å². The van der Waals surface area contributed by atoms with Crippen molar-refractivity contribution in [2.24, 2.45) is 0 Å². The van der Waals surface area contributed by atoms with Crippen LogP contribution >= 0.6 is 0 Å². The number of aryl methyl sites for hydroxylation is 2. The third-order valence-electron chi connectivity index (χ3n) is 5.69. The molecule has 1 fully saturated rings. The van der Waals surface area contributed by atoms with Crippen molar-refractivity contribution in [3.8, 4) is 17.0 Å². The van der Waals surface area contributed by atoms with Gasteiger partial charge in [0.2, 0.25) is 0 Å². The molecule has 1 N–H and O–H groups in total. The number of nitrogens with zero attached hydrogens (tertiary/aromatic N) is 2. The Morgan fingerprint density at radius 3 is 2.79 bits per heavy atom.